The number of alkyl halides is 1. The van der Waals surface area contributed by atoms with Gasteiger partial charge in [0, 0.05) is 22.9 Å². The second-order valence-electron chi connectivity index (χ2n) is 3.91. The van der Waals surface area contributed by atoms with Crippen molar-refractivity contribution < 1.29 is 9.18 Å². The molecule has 1 amide bonds. The Bertz CT molecular complexity index is 411. The van der Waals surface area contributed by atoms with Gasteiger partial charge in [0.15, 0.2) is 0 Å². The first kappa shape index (κ1) is 14.5. The van der Waals surface area contributed by atoms with Gasteiger partial charge in [0.2, 0.25) is 0 Å². The Morgan fingerprint density at radius 3 is 2.65 bits per heavy atom. The maximum atomic E-state index is 12.9. The zero-order chi connectivity index (χ0) is 13.0. The van der Waals surface area contributed by atoms with Crippen LogP contribution in [-0.2, 0) is 0 Å². The van der Waals surface area contributed by atoms with Gasteiger partial charge in [0.05, 0.1) is 5.56 Å². The zero-order valence-corrected chi connectivity index (χ0v) is 12.1. The third-order valence-corrected chi connectivity index (χ3v) is 3.20. The summed E-state index contributed by atoms with van der Waals surface area (Å²) in [5, 5.41) is 0. The molecule has 0 bridgehead atoms. The molecule has 0 N–H and O–H groups in total. The van der Waals surface area contributed by atoms with Crippen LogP contribution in [0.1, 0.15) is 24.2 Å². The minimum absolute atomic E-state index is 0.0539. The van der Waals surface area contributed by atoms with E-state index < -0.39 is 0 Å². The van der Waals surface area contributed by atoms with Crippen molar-refractivity contribution in [3.8, 4) is 0 Å². The molecule has 0 aromatic heterocycles. The van der Waals surface area contributed by atoms with Gasteiger partial charge in [0.1, 0.15) is 5.82 Å². The van der Waals surface area contributed by atoms with Crippen LogP contribution < -0.4 is 0 Å². The normalized spacial score (nSPS) is 10.7. The number of hydrogen-bond acceptors (Lipinski definition) is 1. The predicted octanol–water partition coefficient (Wildman–Crippen LogP) is 3.68. The molecule has 1 aromatic carbocycles. The highest BCUT2D eigenvalue weighted by atomic mass is 79.9. The van der Waals surface area contributed by atoms with E-state index in [1.165, 1.54) is 18.2 Å². The maximum Gasteiger partial charge on any atom is 0.255 e. The van der Waals surface area contributed by atoms with Gasteiger partial charge in [-0.3, -0.25) is 4.79 Å². The fourth-order valence-electron chi connectivity index (χ4n) is 1.50. The second kappa shape index (κ2) is 6.36. The van der Waals surface area contributed by atoms with Crippen molar-refractivity contribution in [2.75, 3.05) is 12.4 Å². The zero-order valence-electron chi connectivity index (χ0n) is 9.71. The predicted molar refractivity (Wildman–Crippen MR) is 71.0 cm³/mol. The molecule has 0 saturated carbocycles. The van der Waals surface area contributed by atoms with Crippen LogP contribution in [0.3, 0.4) is 0 Å². The summed E-state index contributed by atoms with van der Waals surface area (Å²) >= 11 is 8.87. The number of carbonyl (C=O) groups is 1. The molecule has 0 aliphatic rings. The number of hydrogen-bond donors (Lipinski definition) is 0. The molecular weight excluding hydrogens is 308 g/mol. The van der Waals surface area contributed by atoms with E-state index in [0.29, 0.717) is 22.5 Å². The van der Waals surface area contributed by atoms with Crippen LogP contribution in [0.2, 0.25) is 0 Å². The number of halogens is 3. The number of amides is 1. The third-order valence-electron chi connectivity index (χ3n) is 2.37. The van der Waals surface area contributed by atoms with E-state index in [0.717, 1.165) is 0 Å². The van der Waals surface area contributed by atoms with E-state index in [2.05, 4.69) is 15.9 Å². The SMILES string of the molecule is CC(C)N(CCCl)C(=O)c1ccc(F)cc1Br. The highest BCUT2D eigenvalue weighted by Gasteiger charge is 2.20. The van der Waals surface area contributed by atoms with E-state index in [-0.39, 0.29) is 17.8 Å². The molecule has 0 aliphatic carbocycles. The van der Waals surface area contributed by atoms with Gasteiger partial charge < -0.3 is 4.90 Å². The molecule has 5 heteroatoms. The van der Waals surface area contributed by atoms with Crippen LogP contribution in [0.5, 0.6) is 0 Å². The van der Waals surface area contributed by atoms with E-state index in [4.69, 9.17) is 11.6 Å². The van der Waals surface area contributed by atoms with Crippen LogP contribution in [0.15, 0.2) is 22.7 Å². The molecular formula is C12H14BrClFNO. The van der Waals surface area contributed by atoms with Crippen LogP contribution in [-0.4, -0.2) is 29.3 Å². The fourth-order valence-corrected chi connectivity index (χ4v) is 2.21. The van der Waals surface area contributed by atoms with E-state index >= 15 is 0 Å². The van der Waals surface area contributed by atoms with Crippen molar-refractivity contribution >= 4 is 33.4 Å². The van der Waals surface area contributed by atoms with Gasteiger partial charge in [-0.1, -0.05) is 0 Å². The molecule has 0 aliphatic heterocycles. The van der Waals surface area contributed by atoms with Crippen LogP contribution in [0, 0.1) is 5.82 Å². The molecule has 0 radical (unpaired) electrons. The molecule has 0 fully saturated rings. The van der Waals surface area contributed by atoms with E-state index in [9.17, 15) is 9.18 Å². The van der Waals surface area contributed by atoms with Gasteiger partial charge in [-0.25, -0.2) is 4.39 Å². The van der Waals surface area contributed by atoms with Crippen LogP contribution in [0.25, 0.3) is 0 Å². The Kier molecular flexibility index (Phi) is 5.40. The Hall–Kier alpha value is -0.610. The molecule has 0 spiro atoms. The van der Waals surface area contributed by atoms with Gasteiger partial charge in [-0.15, -0.1) is 11.6 Å². The largest absolute Gasteiger partial charge is 0.335 e. The molecule has 17 heavy (non-hydrogen) atoms. The first-order valence-electron chi connectivity index (χ1n) is 5.29. The van der Waals surface area contributed by atoms with E-state index in [1.807, 2.05) is 13.8 Å². The Balaban J connectivity index is 3.01. The maximum absolute atomic E-state index is 12.9. The molecule has 2 nitrogen and oxygen atoms in total. The lowest BCUT2D eigenvalue weighted by Gasteiger charge is -2.26. The number of rotatable bonds is 4. The van der Waals surface area contributed by atoms with Gasteiger partial charge in [-0.05, 0) is 48.0 Å². The topological polar surface area (TPSA) is 20.3 Å². The molecule has 1 aromatic rings. The fraction of sp³-hybridized carbons (Fsp3) is 0.417. The minimum Gasteiger partial charge on any atom is -0.335 e. The van der Waals surface area contributed by atoms with E-state index in [1.54, 1.807) is 4.90 Å². The highest BCUT2D eigenvalue weighted by Crippen LogP contribution is 2.20. The van der Waals surface area contributed by atoms with Crippen LogP contribution in [0.4, 0.5) is 4.39 Å². The summed E-state index contributed by atoms with van der Waals surface area (Å²) in [7, 11) is 0. The Labute approximate surface area is 114 Å². The molecule has 1 rings (SSSR count). The van der Waals surface area contributed by atoms with Crippen molar-refractivity contribution in [3.63, 3.8) is 0 Å². The van der Waals surface area contributed by atoms with Gasteiger partial charge in [0.25, 0.3) is 5.91 Å². The van der Waals surface area contributed by atoms with Crippen molar-refractivity contribution in [2.45, 2.75) is 19.9 Å². The lowest BCUT2D eigenvalue weighted by atomic mass is 10.1. The van der Waals surface area contributed by atoms with Crippen molar-refractivity contribution in [1.82, 2.24) is 4.90 Å². The second-order valence-corrected chi connectivity index (χ2v) is 5.14. The Morgan fingerprint density at radius 2 is 2.18 bits per heavy atom. The average molecular weight is 323 g/mol. The summed E-state index contributed by atoms with van der Waals surface area (Å²) in [6.07, 6.45) is 0. The summed E-state index contributed by atoms with van der Waals surface area (Å²) in [4.78, 5) is 13.9. The molecule has 94 valence electrons. The van der Waals surface area contributed by atoms with Crippen molar-refractivity contribution in [2.24, 2.45) is 0 Å². The summed E-state index contributed by atoms with van der Waals surface area (Å²) in [6.45, 7) is 4.31. The van der Waals surface area contributed by atoms with Crippen molar-refractivity contribution in [3.05, 3.63) is 34.1 Å². The monoisotopic (exact) mass is 321 g/mol. The highest BCUT2D eigenvalue weighted by molar-refractivity contribution is 9.10. The third kappa shape index (κ3) is 3.68. The minimum atomic E-state index is -0.373. The first-order valence-corrected chi connectivity index (χ1v) is 6.62. The van der Waals surface area contributed by atoms with Crippen LogP contribution >= 0.6 is 27.5 Å². The van der Waals surface area contributed by atoms with Gasteiger partial charge >= 0.3 is 0 Å². The molecule has 0 atom stereocenters. The standard InChI is InChI=1S/C12H14BrClFNO/c1-8(2)16(6-5-14)12(17)10-4-3-9(15)7-11(10)13/h3-4,7-8H,5-6H2,1-2H3. The summed E-state index contributed by atoms with van der Waals surface area (Å²) in [6, 6.07) is 4.09. The quantitative estimate of drug-likeness (QED) is 0.774. The van der Waals surface area contributed by atoms with Crippen molar-refractivity contribution in [1.29, 1.82) is 0 Å². The molecule has 0 saturated heterocycles. The number of benzene rings is 1. The number of carbonyl (C=O) groups excluding carboxylic acids is 1. The average Bonchev–Trinajstić information content (AvgIpc) is 2.24. The van der Waals surface area contributed by atoms with Gasteiger partial charge in [-0.2, -0.15) is 0 Å². The lowest BCUT2D eigenvalue weighted by Crippen LogP contribution is -2.38. The summed E-state index contributed by atoms with van der Waals surface area (Å²) in [5.74, 6) is -0.141. The smallest absolute Gasteiger partial charge is 0.255 e. The summed E-state index contributed by atoms with van der Waals surface area (Å²) < 4.78 is 13.4. The lowest BCUT2D eigenvalue weighted by molar-refractivity contribution is 0.0717. The molecule has 0 heterocycles. The first-order chi connectivity index (χ1) is 7.97. The number of nitrogens with zero attached hydrogens (tertiary/aromatic N) is 1. The molecule has 0 unspecified atom stereocenters. The summed E-state index contributed by atoms with van der Waals surface area (Å²) in [5.41, 5.74) is 0.449. The Morgan fingerprint density at radius 1 is 1.53 bits per heavy atom.